The highest BCUT2D eigenvalue weighted by Crippen LogP contribution is 2.36. The van der Waals surface area contributed by atoms with Gasteiger partial charge in [0.15, 0.2) is 5.82 Å². The second-order valence-corrected chi connectivity index (χ2v) is 7.79. The van der Waals surface area contributed by atoms with E-state index >= 15 is 0 Å². The van der Waals surface area contributed by atoms with Crippen molar-refractivity contribution < 1.29 is 13.7 Å². The quantitative estimate of drug-likeness (QED) is 0.771. The van der Waals surface area contributed by atoms with E-state index in [-0.39, 0.29) is 5.82 Å². The summed E-state index contributed by atoms with van der Waals surface area (Å²) in [4.78, 5) is 4.51. The van der Waals surface area contributed by atoms with Crippen molar-refractivity contribution in [1.82, 2.24) is 14.8 Å². The third-order valence-electron chi connectivity index (χ3n) is 5.26. The Morgan fingerprint density at radius 1 is 1.04 bits per heavy atom. The van der Waals surface area contributed by atoms with E-state index in [1.165, 1.54) is 12.1 Å². The van der Waals surface area contributed by atoms with E-state index in [1.54, 1.807) is 0 Å². The molecule has 0 spiro atoms. The summed E-state index contributed by atoms with van der Waals surface area (Å²) >= 11 is 0. The molecule has 0 N–H and O–H groups in total. The van der Waals surface area contributed by atoms with Crippen molar-refractivity contribution in [3.8, 4) is 0 Å². The molecule has 0 atom stereocenters. The number of rotatable bonds is 5. The molecule has 1 aromatic carbocycles. The van der Waals surface area contributed by atoms with Crippen LogP contribution in [0.15, 0.2) is 18.2 Å². The third-order valence-corrected chi connectivity index (χ3v) is 5.26. The maximum Gasteiger partial charge on any atom is 0.494 e. The summed E-state index contributed by atoms with van der Waals surface area (Å²) in [6.07, 6.45) is 1.56. The average molecular weight is 359 g/mol. The molecule has 0 saturated carbocycles. The lowest BCUT2D eigenvalue weighted by Crippen LogP contribution is -2.41. The zero-order valence-corrected chi connectivity index (χ0v) is 16.5. The van der Waals surface area contributed by atoms with Gasteiger partial charge in [-0.3, -0.25) is 0 Å². The van der Waals surface area contributed by atoms with Crippen LogP contribution in [0.5, 0.6) is 0 Å². The lowest BCUT2D eigenvalue weighted by molar-refractivity contribution is 0.00578. The van der Waals surface area contributed by atoms with Gasteiger partial charge in [-0.05, 0) is 50.9 Å². The Balaban J connectivity index is 1.88. The minimum atomic E-state index is -0.581. The molecule has 5 nitrogen and oxygen atoms in total. The molecule has 3 rings (SSSR count). The Bertz CT molecular complexity index is 788. The zero-order valence-electron chi connectivity index (χ0n) is 16.5. The standard InChI is InChI=1S/C19H27BFN3O2/c1-7-16-22-17(8-2)24(23-16)12-13-9-14(11-15(21)10-13)20-25-18(3,4)19(5,6)26-20/h9-11H,7-8,12H2,1-6H3. The van der Waals surface area contributed by atoms with Crippen LogP contribution in [0.4, 0.5) is 4.39 Å². The highest BCUT2D eigenvalue weighted by molar-refractivity contribution is 6.62. The fraction of sp³-hybridized carbons (Fsp3) is 0.579. The lowest BCUT2D eigenvalue weighted by atomic mass is 9.78. The first-order chi connectivity index (χ1) is 12.1. The minimum Gasteiger partial charge on any atom is -0.399 e. The van der Waals surface area contributed by atoms with Crippen LogP contribution in [-0.2, 0) is 28.7 Å². The number of hydrogen-bond acceptors (Lipinski definition) is 4. The van der Waals surface area contributed by atoms with Crippen LogP contribution in [0, 0.1) is 5.82 Å². The Morgan fingerprint density at radius 2 is 1.69 bits per heavy atom. The second kappa shape index (κ2) is 6.78. The molecule has 26 heavy (non-hydrogen) atoms. The fourth-order valence-corrected chi connectivity index (χ4v) is 3.02. The molecule has 140 valence electrons. The Morgan fingerprint density at radius 3 is 2.27 bits per heavy atom. The lowest BCUT2D eigenvalue weighted by Gasteiger charge is -2.32. The van der Waals surface area contributed by atoms with Crippen LogP contribution in [0.3, 0.4) is 0 Å². The summed E-state index contributed by atoms with van der Waals surface area (Å²) in [5, 5.41) is 4.52. The van der Waals surface area contributed by atoms with Gasteiger partial charge < -0.3 is 9.31 Å². The molecular weight excluding hydrogens is 332 g/mol. The van der Waals surface area contributed by atoms with E-state index < -0.39 is 18.3 Å². The van der Waals surface area contributed by atoms with E-state index in [2.05, 4.69) is 10.1 Å². The van der Waals surface area contributed by atoms with Crippen LogP contribution < -0.4 is 5.46 Å². The number of hydrogen-bond donors (Lipinski definition) is 0. The summed E-state index contributed by atoms with van der Waals surface area (Å²) in [5.41, 5.74) is 0.590. The van der Waals surface area contributed by atoms with Crippen LogP contribution in [0.25, 0.3) is 0 Å². The first-order valence-electron chi connectivity index (χ1n) is 9.22. The van der Waals surface area contributed by atoms with Crippen LogP contribution in [0.1, 0.15) is 58.8 Å². The van der Waals surface area contributed by atoms with Gasteiger partial charge in [0.25, 0.3) is 0 Å². The van der Waals surface area contributed by atoms with Crippen molar-refractivity contribution in [3.63, 3.8) is 0 Å². The largest absolute Gasteiger partial charge is 0.494 e. The molecule has 1 aliphatic heterocycles. The molecule has 1 fully saturated rings. The summed E-state index contributed by atoms with van der Waals surface area (Å²) in [7, 11) is -0.581. The molecule has 1 aromatic heterocycles. The fourth-order valence-electron chi connectivity index (χ4n) is 3.02. The molecule has 2 heterocycles. The maximum absolute atomic E-state index is 14.3. The van der Waals surface area contributed by atoms with Crippen molar-refractivity contribution in [2.75, 3.05) is 0 Å². The van der Waals surface area contributed by atoms with Crippen molar-refractivity contribution >= 4 is 12.6 Å². The highest BCUT2D eigenvalue weighted by atomic mass is 19.1. The van der Waals surface area contributed by atoms with Crippen molar-refractivity contribution in [3.05, 3.63) is 41.2 Å². The van der Waals surface area contributed by atoms with Crippen molar-refractivity contribution in [2.45, 2.75) is 72.1 Å². The van der Waals surface area contributed by atoms with Gasteiger partial charge in [-0.15, -0.1) is 0 Å². The van der Waals surface area contributed by atoms with E-state index in [0.717, 1.165) is 30.1 Å². The molecule has 7 heteroatoms. The predicted molar refractivity (Wildman–Crippen MR) is 100.0 cm³/mol. The molecule has 2 aromatic rings. The molecule has 0 radical (unpaired) electrons. The zero-order chi connectivity index (χ0) is 19.1. The monoisotopic (exact) mass is 359 g/mol. The van der Waals surface area contributed by atoms with Crippen LogP contribution in [-0.4, -0.2) is 33.1 Å². The molecule has 0 unspecified atom stereocenters. The number of benzene rings is 1. The first-order valence-corrected chi connectivity index (χ1v) is 9.22. The molecule has 0 bridgehead atoms. The molecule has 0 amide bonds. The van der Waals surface area contributed by atoms with Crippen molar-refractivity contribution in [2.24, 2.45) is 0 Å². The predicted octanol–water partition coefficient (Wildman–Crippen LogP) is 2.89. The van der Waals surface area contributed by atoms with Gasteiger partial charge in [0.2, 0.25) is 0 Å². The van der Waals surface area contributed by atoms with Gasteiger partial charge in [-0.25, -0.2) is 14.1 Å². The Hall–Kier alpha value is -1.73. The minimum absolute atomic E-state index is 0.305. The Kier molecular flexibility index (Phi) is 4.97. The number of halogens is 1. The number of nitrogens with zero attached hydrogens (tertiary/aromatic N) is 3. The normalized spacial score (nSPS) is 18.5. The summed E-state index contributed by atoms with van der Waals surface area (Å²) < 4.78 is 28.2. The Labute approximate surface area is 155 Å². The summed E-state index contributed by atoms with van der Waals surface area (Å²) in [5.74, 6) is 1.41. The van der Waals surface area contributed by atoms with Gasteiger partial charge in [-0.2, -0.15) is 5.10 Å². The molecular formula is C19H27BFN3O2. The second-order valence-electron chi connectivity index (χ2n) is 7.79. The first kappa shape index (κ1) is 19.0. The van der Waals surface area contributed by atoms with E-state index in [0.29, 0.717) is 12.0 Å². The highest BCUT2D eigenvalue weighted by Gasteiger charge is 2.51. The third kappa shape index (κ3) is 3.55. The van der Waals surface area contributed by atoms with Gasteiger partial charge >= 0.3 is 7.12 Å². The maximum atomic E-state index is 14.3. The molecule has 0 aliphatic carbocycles. The van der Waals surface area contributed by atoms with Gasteiger partial charge in [0.1, 0.15) is 11.6 Å². The number of aryl methyl sites for hydroxylation is 2. The van der Waals surface area contributed by atoms with E-state index in [9.17, 15) is 4.39 Å². The van der Waals surface area contributed by atoms with Gasteiger partial charge in [0, 0.05) is 12.8 Å². The SMILES string of the molecule is CCc1nc(CC)n(Cc2cc(F)cc(B3OC(C)(C)C(C)(C)O3)c2)n1. The van der Waals surface area contributed by atoms with E-state index in [1.807, 2.05) is 52.3 Å². The van der Waals surface area contributed by atoms with E-state index in [4.69, 9.17) is 9.31 Å². The van der Waals surface area contributed by atoms with Crippen LogP contribution >= 0.6 is 0 Å². The average Bonchev–Trinajstić information content (AvgIpc) is 3.04. The smallest absolute Gasteiger partial charge is 0.399 e. The summed E-state index contributed by atoms with van der Waals surface area (Å²) in [6.45, 7) is 12.5. The molecule has 1 saturated heterocycles. The number of aromatic nitrogens is 3. The molecule has 1 aliphatic rings. The van der Waals surface area contributed by atoms with Gasteiger partial charge in [-0.1, -0.05) is 19.9 Å². The van der Waals surface area contributed by atoms with Crippen LogP contribution in [0.2, 0.25) is 0 Å². The van der Waals surface area contributed by atoms with Crippen molar-refractivity contribution in [1.29, 1.82) is 0 Å². The van der Waals surface area contributed by atoms with Gasteiger partial charge in [0.05, 0.1) is 17.7 Å². The summed E-state index contributed by atoms with van der Waals surface area (Å²) in [6, 6.07) is 4.94. The topological polar surface area (TPSA) is 49.2 Å².